The first-order chi connectivity index (χ1) is 15.2. The first kappa shape index (κ1) is 18.8. The summed E-state index contributed by atoms with van der Waals surface area (Å²) in [5, 5.41) is 0. The summed E-state index contributed by atoms with van der Waals surface area (Å²) in [5.41, 5.74) is 3.25. The maximum atomic E-state index is 13.3. The van der Waals surface area contributed by atoms with Crippen LogP contribution in [0.5, 0.6) is 5.75 Å². The van der Waals surface area contributed by atoms with Gasteiger partial charge >= 0.3 is 5.56 Å². The van der Waals surface area contributed by atoms with Crippen molar-refractivity contribution in [2.75, 3.05) is 0 Å². The molecule has 0 unspecified atom stereocenters. The zero-order valence-corrected chi connectivity index (χ0v) is 16.9. The zero-order chi connectivity index (χ0) is 21.2. The maximum Gasteiger partial charge on any atom is 0.301 e. The van der Waals surface area contributed by atoms with E-state index in [2.05, 4.69) is 9.97 Å². The van der Waals surface area contributed by atoms with Gasteiger partial charge in [0.15, 0.2) is 11.5 Å². The van der Waals surface area contributed by atoms with E-state index in [1.165, 1.54) is 4.40 Å². The fraction of sp³-hybridized carbons (Fsp3) is 0.0800. The molecule has 0 aliphatic rings. The predicted octanol–water partition coefficient (Wildman–Crippen LogP) is 4.90. The third-order valence-corrected chi connectivity index (χ3v) is 4.92. The molecule has 0 aliphatic heterocycles. The Bertz CT molecular complexity index is 1410. The van der Waals surface area contributed by atoms with E-state index in [0.717, 1.165) is 16.7 Å². The van der Waals surface area contributed by atoms with E-state index >= 15 is 0 Å². The van der Waals surface area contributed by atoms with Crippen molar-refractivity contribution in [2.24, 2.45) is 0 Å². The van der Waals surface area contributed by atoms with Gasteiger partial charge in [0.2, 0.25) is 11.6 Å². The van der Waals surface area contributed by atoms with E-state index in [4.69, 9.17) is 9.15 Å². The Hall–Kier alpha value is -4.19. The van der Waals surface area contributed by atoms with Crippen LogP contribution in [-0.2, 0) is 6.61 Å². The minimum absolute atomic E-state index is 0.105. The molecule has 0 saturated carbocycles. The molecule has 152 valence electrons. The highest BCUT2D eigenvalue weighted by Gasteiger charge is 2.21. The van der Waals surface area contributed by atoms with Crippen LogP contribution in [0.3, 0.4) is 0 Å². The van der Waals surface area contributed by atoms with Crippen LogP contribution in [0, 0.1) is 6.92 Å². The molecular formula is C25H19N3O3. The average molecular weight is 409 g/mol. The van der Waals surface area contributed by atoms with Gasteiger partial charge in [-0.25, -0.2) is 9.97 Å². The molecule has 5 aromatic rings. The van der Waals surface area contributed by atoms with Crippen LogP contribution in [0.4, 0.5) is 0 Å². The van der Waals surface area contributed by atoms with E-state index in [0.29, 0.717) is 11.4 Å². The summed E-state index contributed by atoms with van der Waals surface area (Å²) in [5.74, 6) is 0.936. The minimum atomic E-state index is -0.306. The Morgan fingerprint density at radius 3 is 2.48 bits per heavy atom. The zero-order valence-electron chi connectivity index (χ0n) is 16.9. The number of aryl methyl sites for hydroxylation is 1. The lowest BCUT2D eigenvalue weighted by atomic mass is 10.2. The SMILES string of the molecule is Cc1ccc2nc(-c3ncc(-c4ccccc4)o3)c(OCc3ccccc3)c(=O)n2c1. The molecule has 0 radical (unpaired) electrons. The molecule has 0 atom stereocenters. The first-order valence-corrected chi connectivity index (χ1v) is 9.90. The fourth-order valence-corrected chi connectivity index (χ4v) is 3.35. The van der Waals surface area contributed by atoms with Gasteiger partial charge in [-0.05, 0) is 24.1 Å². The number of oxazole rings is 1. The fourth-order valence-electron chi connectivity index (χ4n) is 3.35. The largest absolute Gasteiger partial charge is 0.481 e. The molecule has 5 rings (SSSR count). The van der Waals surface area contributed by atoms with Gasteiger partial charge in [-0.2, -0.15) is 0 Å². The summed E-state index contributed by atoms with van der Waals surface area (Å²) in [4.78, 5) is 22.3. The number of rotatable bonds is 5. The quantitative estimate of drug-likeness (QED) is 0.413. The van der Waals surface area contributed by atoms with Gasteiger partial charge in [0.1, 0.15) is 12.3 Å². The summed E-state index contributed by atoms with van der Waals surface area (Å²) in [7, 11) is 0. The molecule has 0 N–H and O–H groups in total. The molecule has 3 heterocycles. The Kier molecular flexibility index (Phi) is 4.80. The summed E-state index contributed by atoms with van der Waals surface area (Å²) >= 11 is 0. The van der Waals surface area contributed by atoms with Crippen LogP contribution < -0.4 is 10.3 Å². The minimum Gasteiger partial charge on any atom is -0.481 e. The molecule has 0 bridgehead atoms. The van der Waals surface area contributed by atoms with Crippen LogP contribution >= 0.6 is 0 Å². The Morgan fingerprint density at radius 2 is 1.71 bits per heavy atom. The van der Waals surface area contributed by atoms with Gasteiger partial charge in [0, 0.05) is 11.8 Å². The molecule has 6 heteroatoms. The second-order valence-corrected chi connectivity index (χ2v) is 7.20. The highest BCUT2D eigenvalue weighted by Crippen LogP contribution is 2.29. The van der Waals surface area contributed by atoms with Gasteiger partial charge < -0.3 is 9.15 Å². The van der Waals surface area contributed by atoms with Crippen molar-refractivity contribution in [1.82, 2.24) is 14.4 Å². The topological polar surface area (TPSA) is 69.6 Å². The van der Waals surface area contributed by atoms with Crippen molar-refractivity contribution in [3.8, 4) is 28.7 Å². The second-order valence-electron chi connectivity index (χ2n) is 7.20. The predicted molar refractivity (Wildman–Crippen MR) is 118 cm³/mol. The van der Waals surface area contributed by atoms with Crippen molar-refractivity contribution in [3.63, 3.8) is 0 Å². The molecule has 6 nitrogen and oxygen atoms in total. The van der Waals surface area contributed by atoms with Crippen LogP contribution in [0.15, 0.2) is 94.4 Å². The highest BCUT2D eigenvalue weighted by molar-refractivity contribution is 5.64. The number of pyridine rings is 1. The lowest BCUT2D eigenvalue weighted by Crippen LogP contribution is -2.19. The molecule has 0 fully saturated rings. The number of nitrogens with zero attached hydrogens (tertiary/aromatic N) is 3. The van der Waals surface area contributed by atoms with E-state index < -0.39 is 0 Å². The molecule has 0 spiro atoms. The van der Waals surface area contributed by atoms with Gasteiger partial charge in [0.25, 0.3) is 0 Å². The van der Waals surface area contributed by atoms with Crippen molar-refractivity contribution in [1.29, 1.82) is 0 Å². The lowest BCUT2D eigenvalue weighted by Gasteiger charge is -2.11. The van der Waals surface area contributed by atoms with Gasteiger partial charge in [-0.3, -0.25) is 9.20 Å². The van der Waals surface area contributed by atoms with Crippen molar-refractivity contribution in [2.45, 2.75) is 13.5 Å². The summed E-state index contributed by atoms with van der Waals surface area (Å²) in [6, 6.07) is 23.0. The van der Waals surface area contributed by atoms with Crippen molar-refractivity contribution < 1.29 is 9.15 Å². The third-order valence-electron chi connectivity index (χ3n) is 4.92. The molecule has 0 amide bonds. The third kappa shape index (κ3) is 3.71. The van der Waals surface area contributed by atoms with E-state index in [-0.39, 0.29) is 29.5 Å². The normalized spacial score (nSPS) is 11.0. The Balaban J connectivity index is 1.63. The summed E-state index contributed by atoms with van der Waals surface area (Å²) < 4.78 is 13.4. The van der Waals surface area contributed by atoms with Gasteiger partial charge in [-0.15, -0.1) is 0 Å². The van der Waals surface area contributed by atoms with Gasteiger partial charge in [0.05, 0.1) is 6.20 Å². The standard InChI is InChI=1S/C25H19N3O3/c1-17-12-13-21-27-22(24-26-14-20(31-24)19-10-6-3-7-11-19)23(25(29)28(21)15-17)30-16-18-8-4-2-5-9-18/h2-15H,16H2,1H3. The number of aromatic nitrogens is 3. The number of benzene rings is 2. The summed E-state index contributed by atoms with van der Waals surface area (Å²) in [6.07, 6.45) is 3.37. The van der Waals surface area contributed by atoms with Crippen LogP contribution in [0.1, 0.15) is 11.1 Å². The van der Waals surface area contributed by atoms with Gasteiger partial charge in [-0.1, -0.05) is 66.7 Å². The van der Waals surface area contributed by atoms with Crippen LogP contribution in [0.25, 0.3) is 28.6 Å². The molecule has 3 aromatic heterocycles. The Morgan fingerprint density at radius 1 is 0.968 bits per heavy atom. The van der Waals surface area contributed by atoms with E-state index in [1.807, 2.05) is 73.7 Å². The smallest absolute Gasteiger partial charge is 0.301 e. The number of hydrogen-bond acceptors (Lipinski definition) is 5. The molecular weight excluding hydrogens is 390 g/mol. The maximum absolute atomic E-state index is 13.3. The molecule has 0 saturated heterocycles. The van der Waals surface area contributed by atoms with Crippen molar-refractivity contribution in [3.05, 3.63) is 107 Å². The second kappa shape index (κ2) is 7.91. The van der Waals surface area contributed by atoms with E-state index in [1.54, 1.807) is 18.5 Å². The molecule has 0 aliphatic carbocycles. The van der Waals surface area contributed by atoms with Crippen LogP contribution in [-0.4, -0.2) is 14.4 Å². The van der Waals surface area contributed by atoms with Crippen LogP contribution in [0.2, 0.25) is 0 Å². The summed E-state index contributed by atoms with van der Waals surface area (Å²) in [6.45, 7) is 2.15. The average Bonchev–Trinajstić information content (AvgIpc) is 3.30. The van der Waals surface area contributed by atoms with E-state index in [9.17, 15) is 4.79 Å². The Labute approximate surface area is 178 Å². The number of fused-ring (bicyclic) bond motifs is 1. The number of ether oxygens (including phenoxy) is 1. The monoisotopic (exact) mass is 409 g/mol. The molecule has 31 heavy (non-hydrogen) atoms. The van der Waals surface area contributed by atoms with Crippen molar-refractivity contribution >= 4 is 5.65 Å². The number of hydrogen-bond donors (Lipinski definition) is 0. The molecule has 2 aromatic carbocycles. The highest BCUT2D eigenvalue weighted by atomic mass is 16.5. The lowest BCUT2D eigenvalue weighted by molar-refractivity contribution is 0.300. The first-order valence-electron chi connectivity index (χ1n) is 9.90.